The Morgan fingerprint density at radius 1 is 0.952 bits per heavy atom. The minimum absolute atomic E-state index is 0.111. The lowest BCUT2D eigenvalue weighted by molar-refractivity contribution is 0.592. The third kappa shape index (κ3) is 2.39. The van der Waals surface area contributed by atoms with Crippen LogP contribution in [0.3, 0.4) is 0 Å². The first-order valence-corrected chi connectivity index (χ1v) is 8.09. The number of halogens is 1. The maximum Gasteiger partial charge on any atom is 0.226 e. The van der Waals surface area contributed by atoms with Crippen LogP contribution in [0, 0.1) is 6.92 Å². The molecule has 3 aromatic rings. The Balaban J connectivity index is 2.29. The highest BCUT2D eigenvalue weighted by Gasteiger charge is 2.24. The van der Waals surface area contributed by atoms with Crippen LogP contribution in [0.15, 0.2) is 58.5 Å². The van der Waals surface area contributed by atoms with Crippen molar-refractivity contribution in [1.29, 1.82) is 0 Å². The first kappa shape index (κ1) is 14.0. The summed E-state index contributed by atoms with van der Waals surface area (Å²) >= 11 is 6.06. The Morgan fingerprint density at radius 2 is 1.67 bits per heavy atom. The fourth-order valence-electron chi connectivity index (χ4n) is 2.06. The van der Waals surface area contributed by atoms with E-state index >= 15 is 0 Å². The molecular formula is C15H11ClN2O2S. The number of fused-ring (bicyclic) bond motifs is 1. The molecule has 0 atom stereocenters. The van der Waals surface area contributed by atoms with Gasteiger partial charge in [-0.15, -0.1) is 0 Å². The SMILES string of the molecule is Cc1cccc2nc(S(=O)(=O)c3ccccc3)c(Cl)nc12. The summed E-state index contributed by atoms with van der Waals surface area (Å²) < 4.78 is 25.2. The second kappa shape index (κ2) is 5.09. The highest BCUT2D eigenvalue weighted by atomic mass is 35.5. The normalized spacial score (nSPS) is 11.7. The van der Waals surface area contributed by atoms with Gasteiger partial charge in [0.15, 0.2) is 10.2 Å². The van der Waals surface area contributed by atoms with Crippen molar-refractivity contribution >= 4 is 32.5 Å². The van der Waals surface area contributed by atoms with Crippen LogP contribution >= 0.6 is 11.6 Å². The first-order chi connectivity index (χ1) is 10.00. The molecule has 2 aromatic carbocycles. The summed E-state index contributed by atoms with van der Waals surface area (Å²) in [5.41, 5.74) is 2.01. The van der Waals surface area contributed by atoms with E-state index in [-0.39, 0.29) is 15.1 Å². The van der Waals surface area contributed by atoms with Crippen LogP contribution in [0.1, 0.15) is 5.56 Å². The Kier molecular flexibility index (Phi) is 3.39. The van der Waals surface area contributed by atoms with Crippen LogP contribution < -0.4 is 0 Å². The Hall–Kier alpha value is -1.98. The Morgan fingerprint density at radius 3 is 2.38 bits per heavy atom. The number of sulfone groups is 1. The third-order valence-electron chi connectivity index (χ3n) is 3.13. The van der Waals surface area contributed by atoms with Crippen molar-refractivity contribution in [2.24, 2.45) is 0 Å². The molecule has 3 rings (SSSR count). The van der Waals surface area contributed by atoms with Crippen molar-refractivity contribution in [3.05, 3.63) is 59.2 Å². The van der Waals surface area contributed by atoms with Crippen LogP contribution in [-0.2, 0) is 9.84 Å². The molecule has 0 amide bonds. The van der Waals surface area contributed by atoms with E-state index < -0.39 is 9.84 Å². The summed E-state index contributed by atoms with van der Waals surface area (Å²) in [6, 6.07) is 13.5. The molecule has 21 heavy (non-hydrogen) atoms. The number of hydrogen-bond donors (Lipinski definition) is 0. The van der Waals surface area contributed by atoms with E-state index in [0.29, 0.717) is 11.0 Å². The van der Waals surface area contributed by atoms with Gasteiger partial charge in [-0.25, -0.2) is 18.4 Å². The molecular weight excluding hydrogens is 308 g/mol. The maximum atomic E-state index is 12.6. The standard InChI is InChI=1S/C15H11ClN2O2S/c1-10-6-5-9-12-13(10)18-14(16)15(17-12)21(19,20)11-7-3-2-4-8-11/h2-9H,1H3. The molecule has 0 N–H and O–H groups in total. The molecule has 0 aliphatic carbocycles. The van der Waals surface area contributed by atoms with Crippen molar-refractivity contribution in [1.82, 2.24) is 9.97 Å². The number of aromatic nitrogens is 2. The van der Waals surface area contributed by atoms with Gasteiger partial charge in [-0.05, 0) is 30.7 Å². The Labute approximate surface area is 127 Å². The zero-order valence-electron chi connectivity index (χ0n) is 11.1. The van der Waals surface area contributed by atoms with E-state index in [4.69, 9.17) is 11.6 Å². The molecule has 0 fully saturated rings. The summed E-state index contributed by atoms with van der Waals surface area (Å²) in [5, 5.41) is -0.325. The van der Waals surface area contributed by atoms with Crippen LogP contribution in [0.5, 0.6) is 0 Å². The predicted molar refractivity (Wildman–Crippen MR) is 81.2 cm³/mol. The molecule has 0 saturated heterocycles. The first-order valence-electron chi connectivity index (χ1n) is 6.23. The number of rotatable bonds is 2. The molecule has 1 aromatic heterocycles. The summed E-state index contributed by atoms with van der Waals surface area (Å²) in [6.45, 7) is 1.87. The van der Waals surface area contributed by atoms with Gasteiger partial charge in [0, 0.05) is 0 Å². The molecule has 0 spiro atoms. The fourth-order valence-corrected chi connectivity index (χ4v) is 3.72. The van der Waals surface area contributed by atoms with Crippen molar-refractivity contribution in [2.45, 2.75) is 16.8 Å². The van der Waals surface area contributed by atoms with Gasteiger partial charge in [0.1, 0.15) is 0 Å². The quantitative estimate of drug-likeness (QED) is 0.726. The number of aryl methyl sites for hydroxylation is 1. The van der Waals surface area contributed by atoms with Gasteiger partial charge in [-0.2, -0.15) is 0 Å². The third-order valence-corrected chi connectivity index (χ3v) is 5.20. The smallest absolute Gasteiger partial charge is 0.226 e. The average Bonchev–Trinajstić information content (AvgIpc) is 2.48. The number of nitrogens with zero attached hydrogens (tertiary/aromatic N) is 2. The van der Waals surface area contributed by atoms with Gasteiger partial charge in [0.05, 0.1) is 15.9 Å². The van der Waals surface area contributed by atoms with Crippen molar-refractivity contribution in [2.75, 3.05) is 0 Å². The molecule has 4 nitrogen and oxygen atoms in total. The largest absolute Gasteiger partial charge is 0.231 e. The Bertz CT molecular complexity index is 925. The fraction of sp³-hybridized carbons (Fsp3) is 0.0667. The van der Waals surface area contributed by atoms with E-state index in [1.807, 2.05) is 13.0 Å². The summed E-state index contributed by atoms with van der Waals surface area (Å²) in [7, 11) is -3.78. The molecule has 1 heterocycles. The second-order valence-corrected chi connectivity index (χ2v) is 6.80. The summed E-state index contributed by atoms with van der Waals surface area (Å²) in [4.78, 5) is 8.54. The molecule has 0 radical (unpaired) electrons. The number of hydrogen-bond acceptors (Lipinski definition) is 4. The van der Waals surface area contributed by atoms with Crippen LogP contribution in [0.25, 0.3) is 11.0 Å². The number of benzene rings is 2. The second-order valence-electron chi connectivity index (χ2n) is 4.58. The van der Waals surface area contributed by atoms with Gasteiger partial charge in [0.25, 0.3) is 0 Å². The van der Waals surface area contributed by atoms with Crippen molar-refractivity contribution in [3.8, 4) is 0 Å². The van der Waals surface area contributed by atoms with E-state index in [1.54, 1.807) is 30.3 Å². The summed E-state index contributed by atoms with van der Waals surface area (Å²) in [5.74, 6) is 0. The van der Waals surface area contributed by atoms with Gasteiger partial charge in [-0.1, -0.05) is 41.9 Å². The molecule has 0 aliphatic heterocycles. The van der Waals surface area contributed by atoms with E-state index in [2.05, 4.69) is 9.97 Å². The van der Waals surface area contributed by atoms with Crippen molar-refractivity contribution < 1.29 is 8.42 Å². The lowest BCUT2D eigenvalue weighted by atomic mass is 10.2. The van der Waals surface area contributed by atoms with Gasteiger partial charge in [-0.3, -0.25) is 0 Å². The molecule has 0 aliphatic rings. The van der Waals surface area contributed by atoms with Gasteiger partial charge >= 0.3 is 0 Å². The highest BCUT2D eigenvalue weighted by molar-refractivity contribution is 7.91. The molecule has 0 saturated carbocycles. The zero-order valence-corrected chi connectivity index (χ0v) is 12.7. The summed E-state index contributed by atoms with van der Waals surface area (Å²) in [6.07, 6.45) is 0. The van der Waals surface area contributed by atoms with Gasteiger partial charge in [0.2, 0.25) is 9.84 Å². The average molecular weight is 319 g/mol. The van der Waals surface area contributed by atoms with Crippen LogP contribution in [-0.4, -0.2) is 18.4 Å². The lowest BCUT2D eigenvalue weighted by Crippen LogP contribution is -2.07. The monoisotopic (exact) mass is 318 g/mol. The van der Waals surface area contributed by atoms with Gasteiger partial charge < -0.3 is 0 Å². The maximum absolute atomic E-state index is 12.6. The van der Waals surface area contributed by atoms with E-state index in [1.165, 1.54) is 12.1 Å². The van der Waals surface area contributed by atoms with E-state index in [0.717, 1.165) is 5.56 Å². The van der Waals surface area contributed by atoms with Crippen LogP contribution in [0.2, 0.25) is 5.15 Å². The molecule has 106 valence electrons. The lowest BCUT2D eigenvalue weighted by Gasteiger charge is -2.08. The predicted octanol–water partition coefficient (Wildman–Crippen LogP) is 3.42. The zero-order chi connectivity index (χ0) is 15.0. The van der Waals surface area contributed by atoms with Crippen LogP contribution in [0.4, 0.5) is 0 Å². The highest BCUT2D eigenvalue weighted by Crippen LogP contribution is 2.27. The minimum Gasteiger partial charge on any atom is -0.231 e. The number of para-hydroxylation sites is 1. The van der Waals surface area contributed by atoms with E-state index in [9.17, 15) is 8.42 Å². The molecule has 0 unspecified atom stereocenters. The topological polar surface area (TPSA) is 59.9 Å². The molecule has 0 bridgehead atoms. The molecule has 6 heteroatoms. The minimum atomic E-state index is -3.78. The van der Waals surface area contributed by atoms with Crippen molar-refractivity contribution in [3.63, 3.8) is 0 Å².